The van der Waals surface area contributed by atoms with Crippen molar-refractivity contribution in [2.45, 2.75) is 6.42 Å². The van der Waals surface area contributed by atoms with Gasteiger partial charge in [0.1, 0.15) is 6.42 Å². The third kappa shape index (κ3) is 3.75. The van der Waals surface area contributed by atoms with Crippen molar-refractivity contribution < 1.29 is 14.4 Å². The number of amides is 3. The highest BCUT2D eigenvalue weighted by Crippen LogP contribution is 2.19. The second kappa shape index (κ2) is 7.24. The number of carbonyl (C=O) groups excluding carboxylic acids is 3. The summed E-state index contributed by atoms with van der Waals surface area (Å²) in [6, 6.07) is 10.2. The largest absolute Gasteiger partial charge is 0.301 e. The predicted octanol–water partition coefficient (Wildman–Crippen LogP) is 0.0662. The van der Waals surface area contributed by atoms with Crippen LogP contribution in [-0.4, -0.2) is 29.0 Å². The summed E-state index contributed by atoms with van der Waals surface area (Å²) in [5.74, 6) is -3.08. The zero-order chi connectivity index (χ0) is 16.8. The van der Waals surface area contributed by atoms with Gasteiger partial charge in [-0.15, -0.1) is 0 Å². The maximum absolute atomic E-state index is 12.5. The maximum atomic E-state index is 12.5. The molecule has 1 heterocycles. The van der Waals surface area contributed by atoms with Gasteiger partial charge < -0.3 is 5.32 Å². The van der Waals surface area contributed by atoms with E-state index in [-0.39, 0.29) is 11.5 Å². The van der Waals surface area contributed by atoms with Gasteiger partial charge in [-0.1, -0.05) is 18.2 Å². The normalized spacial score (nSPS) is 17.8. The molecule has 0 aliphatic carbocycles. The van der Waals surface area contributed by atoms with E-state index in [9.17, 15) is 14.4 Å². The first-order chi connectivity index (χ1) is 11.0. The molecule has 0 unspecified atom stereocenters. The molecule has 2 rings (SSSR count). The fourth-order valence-electron chi connectivity index (χ4n) is 1.84. The minimum atomic E-state index is -1.23. The average molecular weight is 329 g/mol. The summed E-state index contributed by atoms with van der Waals surface area (Å²) in [5, 5.41) is 14.3. The Bertz CT molecular complexity index is 726. The lowest BCUT2D eigenvalue weighted by atomic mass is 10.1. The molecule has 0 radical (unpaired) electrons. The summed E-state index contributed by atoms with van der Waals surface area (Å²) in [5.41, 5.74) is 2.57. The van der Waals surface area contributed by atoms with Crippen LogP contribution in [0.15, 0.2) is 35.4 Å². The second-order valence-electron chi connectivity index (χ2n) is 4.43. The summed E-state index contributed by atoms with van der Waals surface area (Å²) in [6.07, 6.45) is 0.632. The van der Waals surface area contributed by atoms with Gasteiger partial charge >= 0.3 is 0 Å². The summed E-state index contributed by atoms with van der Waals surface area (Å²) < 4.78 is 0. The minimum absolute atomic E-state index is 0.0237. The summed E-state index contributed by atoms with van der Waals surface area (Å²) in [4.78, 5) is 36.7. The van der Waals surface area contributed by atoms with Gasteiger partial charge in [0.2, 0.25) is 5.91 Å². The van der Waals surface area contributed by atoms with Crippen LogP contribution in [0.2, 0.25) is 0 Å². The van der Waals surface area contributed by atoms with Crippen LogP contribution < -0.4 is 15.6 Å². The molecule has 0 saturated carbocycles. The van der Waals surface area contributed by atoms with Gasteiger partial charge in [-0.05, 0) is 24.4 Å². The van der Waals surface area contributed by atoms with E-state index in [1.54, 1.807) is 36.4 Å². The number of thiocarbonyl (C=S) groups is 1. The van der Waals surface area contributed by atoms with Crippen molar-refractivity contribution in [3.63, 3.8) is 0 Å². The highest BCUT2D eigenvalue weighted by atomic mass is 32.1. The van der Waals surface area contributed by atoms with E-state index in [4.69, 9.17) is 17.5 Å². The van der Waals surface area contributed by atoms with Crippen LogP contribution in [0, 0.1) is 17.2 Å². The van der Waals surface area contributed by atoms with E-state index in [0.717, 1.165) is 6.21 Å². The standard InChI is InChI=1S/C14H11N5O3S/c15-7-6-11(20)18-16-8-10-12(21)17-14(23)19(13(10)22)9-4-2-1-3-5-9/h1-5,8,10H,6H2,(H,18,20)(H,17,21,23)/b16-8-/t10-/m0/s1. The zero-order valence-electron chi connectivity index (χ0n) is 11.7. The van der Waals surface area contributed by atoms with Crippen molar-refractivity contribution in [1.82, 2.24) is 10.7 Å². The van der Waals surface area contributed by atoms with Crippen molar-refractivity contribution >= 4 is 47.0 Å². The number of anilines is 1. The second-order valence-corrected chi connectivity index (χ2v) is 4.82. The Labute approximate surface area is 136 Å². The molecule has 3 amide bonds. The summed E-state index contributed by atoms with van der Waals surface area (Å²) in [6.45, 7) is 0. The SMILES string of the molecule is N#CCC(=O)N/N=C\[C@H]1C(=O)NC(=S)N(c2ccccc2)C1=O. The first kappa shape index (κ1) is 16.3. The molecular formula is C14H11N5O3S. The third-order valence-electron chi connectivity index (χ3n) is 2.87. The number of carbonyl (C=O) groups is 3. The molecule has 2 N–H and O–H groups in total. The lowest BCUT2D eigenvalue weighted by Crippen LogP contribution is -2.58. The van der Waals surface area contributed by atoms with E-state index in [2.05, 4.69) is 15.8 Å². The van der Waals surface area contributed by atoms with Crippen LogP contribution in [0.1, 0.15) is 6.42 Å². The number of hydrazone groups is 1. The highest BCUT2D eigenvalue weighted by Gasteiger charge is 2.38. The number of rotatable bonds is 4. The molecule has 1 atom stereocenters. The van der Waals surface area contributed by atoms with Gasteiger partial charge in [0.25, 0.3) is 11.8 Å². The number of nitrogens with one attached hydrogen (secondary N) is 2. The fourth-order valence-corrected chi connectivity index (χ4v) is 2.13. The van der Waals surface area contributed by atoms with E-state index >= 15 is 0 Å². The Morgan fingerprint density at radius 2 is 2.13 bits per heavy atom. The third-order valence-corrected chi connectivity index (χ3v) is 3.15. The van der Waals surface area contributed by atoms with E-state index < -0.39 is 23.6 Å². The molecular weight excluding hydrogens is 318 g/mol. The molecule has 1 fully saturated rings. The molecule has 23 heavy (non-hydrogen) atoms. The molecule has 116 valence electrons. The van der Waals surface area contributed by atoms with Crippen LogP contribution in [-0.2, 0) is 14.4 Å². The highest BCUT2D eigenvalue weighted by molar-refractivity contribution is 7.80. The van der Waals surface area contributed by atoms with E-state index in [0.29, 0.717) is 5.69 Å². The summed E-state index contributed by atoms with van der Waals surface area (Å²) >= 11 is 5.03. The minimum Gasteiger partial charge on any atom is -0.301 e. The smallest absolute Gasteiger partial charge is 0.254 e. The van der Waals surface area contributed by atoms with E-state index in [1.807, 2.05) is 0 Å². The number of benzene rings is 1. The van der Waals surface area contributed by atoms with Crippen molar-refractivity contribution in [1.29, 1.82) is 5.26 Å². The maximum Gasteiger partial charge on any atom is 0.254 e. The van der Waals surface area contributed by atoms with Crippen LogP contribution >= 0.6 is 12.2 Å². The topological polar surface area (TPSA) is 115 Å². The molecule has 0 spiro atoms. The molecule has 9 heteroatoms. The lowest BCUT2D eigenvalue weighted by molar-refractivity contribution is -0.130. The van der Waals surface area contributed by atoms with Crippen molar-refractivity contribution in [2.24, 2.45) is 11.0 Å². The average Bonchev–Trinajstić information content (AvgIpc) is 2.51. The Hall–Kier alpha value is -3.12. The Morgan fingerprint density at radius 3 is 2.78 bits per heavy atom. The molecule has 8 nitrogen and oxygen atoms in total. The lowest BCUT2D eigenvalue weighted by Gasteiger charge is -2.30. The van der Waals surface area contributed by atoms with Crippen molar-refractivity contribution in [3.8, 4) is 6.07 Å². The van der Waals surface area contributed by atoms with Crippen LogP contribution in [0.25, 0.3) is 0 Å². The van der Waals surface area contributed by atoms with Gasteiger partial charge in [-0.3, -0.25) is 19.3 Å². The Morgan fingerprint density at radius 1 is 1.43 bits per heavy atom. The summed E-state index contributed by atoms with van der Waals surface area (Å²) in [7, 11) is 0. The van der Waals surface area contributed by atoms with Crippen molar-refractivity contribution in [3.05, 3.63) is 30.3 Å². The first-order valence-electron chi connectivity index (χ1n) is 6.47. The number of hydrogen-bond acceptors (Lipinski definition) is 6. The number of hydrogen-bond donors (Lipinski definition) is 2. The van der Waals surface area contributed by atoms with Gasteiger partial charge in [0, 0.05) is 6.21 Å². The molecule has 1 saturated heterocycles. The zero-order valence-corrected chi connectivity index (χ0v) is 12.5. The van der Waals surface area contributed by atoms with Gasteiger partial charge in [0.15, 0.2) is 11.0 Å². The van der Waals surface area contributed by atoms with Crippen LogP contribution in [0.3, 0.4) is 0 Å². The van der Waals surface area contributed by atoms with Crippen LogP contribution in [0.5, 0.6) is 0 Å². The quantitative estimate of drug-likeness (QED) is 0.351. The van der Waals surface area contributed by atoms with E-state index in [1.165, 1.54) is 4.90 Å². The molecule has 0 bridgehead atoms. The monoisotopic (exact) mass is 329 g/mol. The molecule has 1 aliphatic rings. The Kier molecular flexibility index (Phi) is 5.11. The van der Waals surface area contributed by atoms with Gasteiger partial charge in [-0.2, -0.15) is 10.4 Å². The fraction of sp³-hybridized carbons (Fsp3) is 0.143. The molecule has 1 aromatic rings. The van der Waals surface area contributed by atoms with Gasteiger partial charge in [0.05, 0.1) is 11.8 Å². The van der Waals surface area contributed by atoms with Crippen LogP contribution in [0.4, 0.5) is 5.69 Å². The Balaban J connectivity index is 2.17. The first-order valence-corrected chi connectivity index (χ1v) is 6.88. The molecule has 1 aliphatic heterocycles. The molecule has 1 aromatic carbocycles. The molecule has 0 aromatic heterocycles. The number of nitriles is 1. The number of nitrogens with zero attached hydrogens (tertiary/aromatic N) is 3. The predicted molar refractivity (Wildman–Crippen MR) is 85.0 cm³/mol. The van der Waals surface area contributed by atoms with Gasteiger partial charge in [-0.25, -0.2) is 5.43 Å². The van der Waals surface area contributed by atoms with Crippen molar-refractivity contribution in [2.75, 3.05) is 4.90 Å². The number of para-hydroxylation sites is 1.